The Balaban J connectivity index is 1.47. The Bertz CT molecular complexity index is 666. The molecule has 1 aromatic carbocycles. The number of aliphatic hydroxyl groups excluding tert-OH is 1. The van der Waals surface area contributed by atoms with Gasteiger partial charge in [0.15, 0.2) is 0 Å². The summed E-state index contributed by atoms with van der Waals surface area (Å²) in [4.78, 5) is 38.2. The first-order valence-electron chi connectivity index (χ1n) is 8.97. The van der Waals surface area contributed by atoms with Gasteiger partial charge >= 0.3 is 6.03 Å². The molecule has 0 aliphatic carbocycles. The second-order valence-electron chi connectivity index (χ2n) is 6.89. The molecular formula is C19H24N2O5. The number of aryl methyl sites for hydroxylation is 1. The predicted octanol–water partition coefficient (Wildman–Crippen LogP) is 1.37. The highest BCUT2D eigenvalue weighted by Gasteiger charge is 2.47. The van der Waals surface area contributed by atoms with E-state index in [1.165, 1.54) is 0 Å². The fourth-order valence-corrected chi connectivity index (χ4v) is 3.38. The van der Waals surface area contributed by atoms with E-state index in [2.05, 4.69) is 0 Å². The number of ether oxygens (including phenoxy) is 1. The topological polar surface area (TPSA) is 87.2 Å². The third-order valence-electron chi connectivity index (χ3n) is 4.81. The Hall–Kier alpha value is -2.41. The lowest BCUT2D eigenvalue weighted by molar-refractivity contribution is -0.129. The van der Waals surface area contributed by atoms with Gasteiger partial charge in [-0.1, -0.05) is 12.1 Å². The van der Waals surface area contributed by atoms with Crippen LogP contribution in [0.1, 0.15) is 31.7 Å². The lowest BCUT2D eigenvalue weighted by Gasteiger charge is -2.19. The van der Waals surface area contributed by atoms with Gasteiger partial charge in [0.25, 0.3) is 5.91 Å². The van der Waals surface area contributed by atoms with Crippen LogP contribution in [0.15, 0.2) is 24.3 Å². The number of hydrogen-bond donors (Lipinski definition) is 1. The standard InChI is InChI=1S/C19H24N2O5/c1-13(22)4-5-14-6-8-16(9-7-14)26-12-15(23)11-21-18(24)17-3-2-10-20(17)19(21)25/h6-9,15,17,23H,2-5,10-12H2,1H3. The van der Waals surface area contributed by atoms with Crippen LogP contribution in [-0.2, 0) is 16.0 Å². The highest BCUT2D eigenvalue weighted by molar-refractivity contribution is 6.04. The van der Waals surface area contributed by atoms with E-state index in [0.717, 1.165) is 16.9 Å². The monoisotopic (exact) mass is 360 g/mol. The average molecular weight is 360 g/mol. The van der Waals surface area contributed by atoms with E-state index in [9.17, 15) is 19.5 Å². The Morgan fingerprint density at radius 3 is 2.69 bits per heavy atom. The van der Waals surface area contributed by atoms with Crippen molar-refractivity contribution in [2.45, 2.75) is 44.8 Å². The Kier molecular flexibility index (Phi) is 5.56. The minimum Gasteiger partial charge on any atom is -0.491 e. The van der Waals surface area contributed by atoms with Crippen LogP contribution in [0.2, 0.25) is 0 Å². The number of hydrogen-bond acceptors (Lipinski definition) is 5. The maximum absolute atomic E-state index is 12.2. The van der Waals surface area contributed by atoms with Gasteiger partial charge in [-0.15, -0.1) is 0 Å². The van der Waals surface area contributed by atoms with Crippen LogP contribution in [0.25, 0.3) is 0 Å². The van der Waals surface area contributed by atoms with Crippen molar-refractivity contribution in [1.82, 2.24) is 9.80 Å². The number of ketones is 1. The third kappa shape index (κ3) is 4.04. The molecule has 2 atom stereocenters. The van der Waals surface area contributed by atoms with E-state index in [-0.39, 0.29) is 36.9 Å². The number of imide groups is 1. The van der Waals surface area contributed by atoms with Gasteiger partial charge in [-0.25, -0.2) is 4.79 Å². The minimum absolute atomic E-state index is 0.00544. The Labute approximate surface area is 152 Å². The fourth-order valence-electron chi connectivity index (χ4n) is 3.38. The molecule has 0 radical (unpaired) electrons. The molecule has 2 saturated heterocycles. The summed E-state index contributed by atoms with van der Waals surface area (Å²) in [7, 11) is 0. The molecule has 26 heavy (non-hydrogen) atoms. The quantitative estimate of drug-likeness (QED) is 0.708. The first-order chi connectivity index (χ1) is 12.5. The number of benzene rings is 1. The summed E-state index contributed by atoms with van der Waals surface area (Å²) in [6.07, 6.45) is 1.80. The van der Waals surface area contributed by atoms with Crippen LogP contribution in [0, 0.1) is 0 Å². The number of β-amino-alcohol motifs (C(OH)–C–C–N with tert-alkyl or cyclic N) is 1. The molecule has 0 bridgehead atoms. The van der Waals surface area contributed by atoms with E-state index in [4.69, 9.17) is 4.74 Å². The molecule has 7 heteroatoms. The molecule has 2 aliphatic rings. The van der Waals surface area contributed by atoms with Gasteiger partial charge in [-0.05, 0) is 43.9 Å². The van der Waals surface area contributed by atoms with Crippen LogP contribution in [0.4, 0.5) is 4.79 Å². The summed E-state index contributed by atoms with van der Waals surface area (Å²) in [5, 5.41) is 10.1. The van der Waals surface area contributed by atoms with Crippen molar-refractivity contribution in [1.29, 1.82) is 0 Å². The number of fused-ring (bicyclic) bond motifs is 1. The van der Waals surface area contributed by atoms with Gasteiger partial charge in [0.2, 0.25) is 0 Å². The predicted molar refractivity (Wildman–Crippen MR) is 93.8 cm³/mol. The Morgan fingerprint density at radius 2 is 2.04 bits per heavy atom. The van der Waals surface area contributed by atoms with E-state index >= 15 is 0 Å². The average Bonchev–Trinajstić information content (AvgIpc) is 3.19. The van der Waals surface area contributed by atoms with Gasteiger partial charge in [-0.3, -0.25) is 9.69 Å². The highest BCUT2D eigenvalue weighted by Crippen LogP contribution is 2.27. The number of rotatable bonds is 8. The van der Waals surface area contributed by atoms with Crippen LogP contribution in [-0.4, -0.2) is 64.5 Å². The van der Waals surface area contributed by atoms with Gasteiger partial charge < -0.3 is 19.5 Å². The molecule has 140 valence electrons. The molecule has 3 rings (SSSR count). The van der Waals surface area contributed by atoms with Crippen molar-refractivity contribution in [3.63, 3.8) is 0 Å². The fraction of sp³-hybridized carbons (Fsp3) is 0.526. The minimum atomic E-state index is -0.944. The van der Waals surface area contributed by atoms with Crippen molar-refractivity contribution in [2.75, 3.05) is 19.7 Å². The van der Waals surface area contributed by atoms with Crippen LogP contribution in [0.5, 0.6) is 5.75 Å². The molecule has 1 N–H and O–H groups in total. The van der Waals surface area contributed by atoms with Crippen LogP contribution < -0.4 is 4.74 Å². The zero-order valence-electron chi connectivity index (χ0n) is 14.9. The van der Waals surface area contributed by atoms with Crippen molar-refractivity contribution in [2.24, 2.45) is 0 Å². The third-order valence-corrected chi connectivity index (χ3v) is 4.81. The molecule has 1 aromatic rings. The van der Waals surface area contributed by atoms with E-state index < -0.39 is 6.10 Å². The molecule has 2 unspecified atom stereocenters. The smallest absolute Gasteiger partial charge is 0.327 e. The number of nitrogens with zero attached hydrogens (tertiary/aromatic N) is 2. The highest BCUT2D eigenvalue weighted by atomic mass is 16.5. The zero-order valence-corrected chi connectivity index (χ0v) is 14.9. The summed E-state index contributed by atoms with van der Waals surface area (Å²) < 4.78 is 5.54. The van der Waals surface area contributed by atoms with Gasteiger partial charge in [-0.2, -0.15) is 0 Å². The lowest BCUT2D eigenvalue weighted by atomic mass is 10.1. The first kappa shape index (κ1) is 18.4. The number of Topliss-reactive ketones (excluding diaryl/α,β-unsaturated/α-hetero) is 1. The molecule has 2 heterocycles. The second-order valence-corrected chi connectivity index (χ2v) is 6.89. The summed E-state index contributed by atoms with van der Waals surface area (Å²) in [5.74, 6) is 0.525. The van der Waals surface area contributed by atoms with Crippen molar-refractivity contribution >= 4 is 17.7 Å². The normalized spacial score (nSPS) is 20.5. The summed E-state index contributed by atoms with van der Waals surface area (Å²) >= 11 is 0. The SMILES string of the molecule is CC(=O)CCc1ccc(OCC(O)CN2C(=O)C3CCCN3C2=O)cc1. The summed E-state index contributed by atoms with van der Waals surface area (Å²) in [6.45, 7) is 2.11. The summed E-state index contributed by atoms with van der Waals surface area (Å²) in [6, 6.07) is 6.67. The van der Waals surface area contributed by atoms with Gasteiger partial charge in [0, 0.05) is 13.0 Å². The summed E-state index contributed by atoms with van der Waals surface area (Å²) in [5.41, 5.74) is 1.04. The van der Waals surface area contributed by atoms with Crippen molar-refractivity contribution < 1.29 is 24.2 Å². The largest absolute Gasteiger partial charge is 0.491 e. The molecule has 3 amide bonds. The number of carbonyl (C=O) groups excluding carboxylic acids is 3. The zero-order chi connectivity index (χ0) is 18.7. The lowest BCUT2D eigenvalue weighted by Crippen LogP contribution is -2.41. The molecule has 0 spiro atoms. The Morgan fingerprint density at radius 1 is 1.31 bits per heavy atom. The molecule has 2 aliphatic heterocycles. The van der Waals surface area contributed by atoms with Gasteiger partial charge in [0.1, 0.15) is 30.3 Å². The van der Waals surface area contributed by atoms with Crippen LogP contribution in [0.3, 0.4) is 0 Å². The van der Waals surface area contributed by atoms with Crippen LogP contribution >= 0.6 is 0 Å². The molecule has 0 aromatic heterocycles. The number of urea groups is 1. The maximum atomic E-state index is 12.2. The molecular weight excluding hydrogens is 336 g/mol. The van der Waals surface area contributed by atoms with E-state index in [1.807, 2.05) is 12.1 Å². The molecule has 7 nitrogen and oxygen atoms in total. The molecule has 2 fully saturated rings. The van der Waals surface area contributed by atoms with E-state index in [0.29, 0.717) is 31.6 Å². The van der Waals surface area contributed by atoms with E-state index in [1.54, 1.807) is 24.0 Å². The number of aliphatic hydroxyl groups is 1. The van der Waals surface area contributed by atoms with Crippen molar-refractivity contribution in [3.05, 3.63) is 29.8 Å². The molecule has 0 saturated carbocycles. The first-order valence-corrected chi connectivity index (χ1v) is 8.97. The second kappa shape index (κ2) is 7.86. The number of amides is 3. The maximum Gasteiger partial charge on any atom is 0.327 e. The number of carbonyl (C=O) groups is 3. The van der Waals surface area contributed by atoms with Crippen molar-refractivity contribution in [3.8, 4) is 5.75 Å². The van der Waals surface area contributed by atoms with Gasteiger partial charge in [0.05, 0.1) is 6.54 Å².